The molecule has 9 nitrogen and oxygen atoms in total. The number of rotatable bonds is 10. The van der Waals surface area contributed by atoms with Gasteiger partial charge in [-0.15, -0.1) is 15.3 Å². The largest absolute Gasteiger partial charge is 0.490 e. The molecule has 0 aliphatic carbocycles. The van der Waals surface area contributed by atoms with E-state index in [0.29, 0.717) is 41.0 Å². The lowest BCUT2D eigenvalue weighted by Crippen LogP contribution is -2.32. The van der Waals surface area contributed by atoms with Gasteiger partial charge in [-0.2, -0.15) is 4.52 Å². The molecular formula is C23H22FN5O4. The summed E-state index contributed by atoms with van der Waals surface area (Å²) in [6.07, 6.45) is 0. The number of carbonyl (C=O) groups is 1. The van der Waals surface area contributed by atoms with E-state index in [2.05, 4.69) is 20.6 Å². The molecule has 0 aliphatic heterocycles. The second kappa shape index (κ2) is 10.4. The monoisotopic (exact) mass is 451 g/mol. The number of nitrogens with one attached hydrogen (secondary N) is 1. The smallest absolute Gasteiger partial charge is 0.258 e. The molecule has 0 spiro atoms. The summed E-state index contributed by atoms with van der Waals surface area (Å²) in [7, 11) is 0. The lowest BCUT2D eigenvalue weighted by molar-refractivity contribution is -0.123. The van der Waals surface area contributed by atoms with Gasteiger partial charge in [0.25, 0.3) is 5.91 Å². The van der Waals surface area contributed by atoms with Gasteiger partial charge < -0.3 is 19.5 Å². The number of nitrogens with zero attached hydrogens (tertiary/aromatic N) is 4. The first kappa shape index (κ1) is 22.0. The number of halogens is 1. The third kappa shape index (κ3) is 5.53. The summed E-state index contributed by atoms with van der Waals surface area (Å²) in [5.41, 5.74) is 1.20. The summed E-state index contributed by atoms with van der Waals surface area (Å²) in [4.78, 5) is 12.1. The van der Waals surface area contributed by atoms with E-state index in [9.17, 15) is 9.18 Å². The molecule has 1 amide bonds. The van der Waals surface area contributed by atoms with Crippen molar-refractivity contribution in [3.05, 3.63) is 66.5 Å². The van der Waals surface area contributed by atoms with Gasteiger partial charge in [-0.05, 0) is 49.4 Å². The van der Waals surface area contributed by atoms with E-state index in [1.807, 2.05) is 19.1 Å². The zero-order valence-electron chi connectivity index (χ0n) is 17.9. The number of para-hydroxylation sites is 2. The van der Waals surface area contributed by atoms with Gasteiger partial charge in [-0.3, -0.25) is 4.79 Å². The molecule has 0 unspecified atom stereocenters. The molecule has 170 valence electrons. The van der Waals surface area contributed by atoms with Gasteiger partial charge in [0.15, 0.2) is 29.6 Å². The Hall–Kier alpha value is -4.21. The van der Waals surface area contributed by atoms with Crippen LogP contribution in [-0.4, -0.2) is 52.1 Å². The van der Waals surface area contributed by atoms with E-state index in [1.165, 1.54) is 16.6 Å². The Morgan fingerprint density at radius 2 is 1.73 bits per heavy atom. The van der Waals surface area contributed by atoms with Crippen LogP contribution in [0.25, 0.3) is 17.0 Å². The third-order valence-electron chi connectivity index (χ3n) is 4.52. The van der Waals surface area contributed by atoms with E-state index in [4.69, 9.17) is 14.2 Å². The Labute approximate surface area is 189 Å². The standard InChI is InChI=1S/C23H22FN5O4/c1-2-31-18-5-3-4-6-19(18)33-15-21(30)25-13-14-32-22-12-11-20-26-27-23(29(20)28-22)16-7-9-17(24)10-8-16/h3-12H,2,13-15H2,1H3,(H,25,30). The maximum Gasteiger partial charge on any atom is 0.258 e. The molecule has 1 N–H and O–H groups in total. The average molecular weight is 451 g/mol. The molecule has 2 aromatic heterocycles. The van der Waals surface area contributed by atoms with Gasteiger partial charge in [0.05, 0.1) is 13.2 Å². The van der Waals surface area contributed by atoms with Crippen LogP contribution in [0.15, 0.2) is 60.7 Å². The van der Waals surface area contributed by atoms with Gasteiger partial charge >= 0.3 is 0 Å². The SMILES string of the molecule is CCOc1ccccc1OCC(=O)NCCOc1ccc2nnc(-c3ccc(F)cc3)n2n1. The molecular weight excluding hydrogens is 429 g/mol. The number of amides is 1. The molecule has 2 aromatic carbocycles. The van der Waals surface area contributed by atoms with E-state index in [-0.39, 0.29) is 31.5 Å². The van der Waals surface area contributed by atoms with E-state index in [1.54, 1.807) is 36.4 Å². The molecule has 4 rings (SSSR count). The molecule has 0 atom stereocenters. The Morgan fingerprint density at radius 3 is 2.48 bits per heavy atom. The fraction of sp³-hybridized carbons (Fsp3) is 0.217. The highest BCUT2D eigenvalue weighted by molar-refractivity contribution is 5.77. The van der Waals surface area contributed by atoms with Crippen molar-refractivity contribution in [2.75, 3.05) is 26.4 Å². The first-order chi connectivity index (χ1) is 16.1. The van der Waals surface area contributed by atoms with Crippen LogP contribution < -0.4 is 19.5 Å². The minimum absolute atomic E-state index is 0.143. The topological polar surface area (TPSA) is 99.9 Å². The number of benzene rings is 2. The quantitative estimate of drug-likeness (QED) is 0.370. The van der Waals surface area contributed by atoms with Crippen LogP contribution in [-0.2, 0) is 4.79 Å². The number of hydrogen-bond acceptors (Lipinski definition) is 7. The van der Waals surface area contributed by atoms with Crippen molar-refractivity contribution < 1.29 is 23.4 Å². The number of aromatic nitrogens is 4. The summed E-state index contributed by atoms with van der Waals surface area (Å²) < 4.78 is 31.4. The first-order valence-corrected chi connectivity index (χ1v) is 10.4. The third-order valence-corrected chi connectivity index (χ3v) is 4.52. The minimum atomic E-state index is -0.337. The lowest BCUT2D eigenvalue weighted by Gasteiger charge is -2.11. The lowest BCUT2D eigenvalue weighted by atomic mass is 10.2. The van der Waals surface area contributed by atoms with Gasteiger partial charge in [0, 0.05) is 11.6 Å². The highest BCUT2D eigenvalue weighted by Gasteiger charge is 2.11. The molecule has 0 fully saturated rings. The van der Waals surface area contributed by atoms with Crippen LogP contribution in [0.2, 0.25) is 0 Å². The molecule has 0 saturated heterocycles. The summed E-state index contributed by atoms with van der Waals surface area (Å²) in [5, 5.41) is 15.3. The number of carbonyl (C=O) groups excluding carboxylic acids is 1. The van der Waals surface area contributed by atoms with Gasteiger partial charge in [-0.25, -0.2) is 4.39 Å². The second-order valence-corrected chi connectivity index (χ2v) is 6.84. The van der Waals surface area contributed by atoms with Gasteiger partial charge in [-0.1, -0.05) is 12.1 Å². The molecule has 33 heavy (non-hydrogen) atoms. The molecule has 2 heterocycles. The number of hydrogen-bond donors (Lipinski definition) is 1. The van der Waals surface area contributed by atoms with Crippen molar-refractivity contribution in [2.45, 2.75) is 6.92 Å². The molecule has 0 saturated carbocycles. The van der Waals surface area contributed by atoms with E-state index >= 15 is 0 Å². The van der Waals surface area contributed by atoms with Crippen molar-refractivity contribution in [3.8, 4) is 28.8 Å². The Kier molecular flexibility index (Phi) is 6.93. The van der Waals surface area contributed by atoms with Gasteiger partial charge in [0.1, 0.15) is 12.4 Å². The van der Waals surface area contributed by atoms with Crippen molar-refractivity contribution in [2.24, 2.45) is 0 Å². The van der Waals surface area contributed by atoms with Crippen LogP contribution in [0.3, 0.4) is 0 Å². The normalized spacial score (nSPS) is 10.7. The Morgan fingerprint density at radius 1 is 0.970 bits per heavy atom. The maximum atomic E-state index is 13.2. The van der Waals surface area contributed by atoms with Crippen molar-refractivity contribution >= 4 is 11.6 Å². The molecule has 10 heteroatoms. The Bertz CT molecular complexity index is 1230. The predicted molar refractivity (Wildman–Crippen MR) is 118 cm³/mol. The fourth-order valence-electron chi connectivity index (χ4n) is 3.01. The van der Waals surface area contributed by atoms with Crippen LogP contribution in [0, 0.1) is 5.82 Å². The fourth-order valence-corrected chi connectivity index (χ4v) is 3.01. The average Bonchev–Trinajstić information content (AvgIpc) is 3.25. The predicted octanol–water partition coefficient (Wildman–Crippen LogP) is 2.90. The van der Waals surface area contributed by atoms with Crippen molar-refractivity contribution in [1.29, 1.82) is 0 Å². The molecule has 4 aromatic rings. The number of ether oxygens (including phenoxy) is 3. The highest BCUT2D eigenvalue weighted by atomic mass is 19.1. The maximum absolute atomic E-state index is 13.2. The molecule has 0 bridgehead atoms. The van der Waals surface area contributed by atoms with E-state index in [0.717, 1.165) is 0 Å². The molecule has 0 aliphatic rings. The highest BCUT2D eigenvalue weighted by Crippen LogP contribution is 2.26. The zero-order valence-corrected chi connectivity index (χ0v) is 17.9. The van der Waals surface area contributed by atoms with Gasteiger partial charge in [0.2, 0.25) is 5.88 Å². The van der Waals surface area contributed by atoms with Crippen LogP contribution in [0.1, 0.15) is 6.92 Å². The van der Waals surface area contributed by atoms with E-state index < -0.39 is 0 Å². The first-order valence-electron chi connectivity index (χ1n) is 10.4. The summed E-state index contributed by atoms with van der Waals surface area (Å²) in [6.45, 7) is 2.71. The van der Waals surface area contributed by atoms with Crippen LogP contribution >= 0.6 is 0 Å². The summed E-state index contributed by atoms with van der Waals surface area (Å²) in [6, 6.07) is 16.4. The van der Waals surface area contributed by atoms with Crippen LogP contribution in [0.5, 0.6) is 17.4 Å². The van der Waals surface area contributed by atoms with Crippen molar-refractivity contribution in [1.82, 2.24) is 25.1 Å². The summed E-state index contributed by atoms with van der Waals surface area (Å²) in [5.74, 6) is 1.28. The van der Waals surface area contributed by atoms with Crippen LogP contribution in [0.4, 0.5) is 4.39 Å². The zero-order chi connectivity index (χ0) is 23.0. The Balaban J connectivity index is 1.28. The number of fused-ring (bicyclic) bond motifs is 1. The minimum Gasteiger partial charge on any atom is -0.490 e. The second-order valence-electron chi connectivity index (χ2n) is 6.84. The molecule has 0 radical (unpaired) electrons. The summed E-state index contributed by atoms with van der Waals surface area (Å²) >= 11 is 0. The van der Waals surface area contributed by atoms with Crippen molar-refractivity contribution in [3.63, 3.8) is 0 Å².